The van der Waals surface area contributed by atoms with Gasteiger partial charge in [-0.05, 0) is 37.1 Å². The van der Waals surface area contributed by atoms with Gasteiger partial charge in [0.05, 0.1) is 4.90 Å². The molecule has 0 spiro atoms. The molecule has 1 aliphatic heterocycles. The molecule has 1 amide bonds. The van der Waals surface area contributed by atoms with Crippen molar-refractivity contribution < 1.29 is 13.2 Å². The molecule has 1 saturated heterocycles. The van der Waals surface area contributed by atoms with E-state index in [-0.39, 0.29) is 4.90 Å². The number of carbonyl (C=O) groups excluding carboxylic acids is 1. The van der Waals surface area contributed by atoms with Crippen molar-refractivity contribution in [1.29, 1.82) is 0 Å². The van der Waals surface area contributed by atoms with Crippen molar-refractivity contribution in [3.63, 3.8) is 0 Å². The lowest BCUT2D eigenvalue weighted by Gasteiger charge is -2.19. The maximum atomic E-state index is 12.5. The van der Waals surface area contributed by atoms with E-state index >= 15 is 0 Å². The summed E-state index contributed by atoms with van der Waals surface area (Å²) in [5.41, 5.74) is 2.35. The van der Waals surface area contributed by atoms with E-state index < -0.39 is 15.9 Å². The van der Waals surface area contributed by atoms with Crippen LogP contribution in [0.1, 0.15) is 36.0 Å². The van der Waals surface area contributed by atoms with Crippen LogP contribution in [0.15, 0.2) is 29.2 Å². The maximum absolute atomic E-state index is 12.5. The molecule has 0 atom stereocenters. The first-order valence-corrected chi connectivity index (χ1v) is 8.11. The van der Waals surface area contributed by atoms with Gasteiger partial charge in [0.25, 0.3) is 5.91 Å². The Kier molecular flexibility index (Phi) is 4.74. The topological polar surface area (TPSA) is 92.5 Å². The van der Waals surface area contributed by atoms with Crippen molar-refractivity contribution in [2.24, 2.45) is 5.84 Å². The molecule has 1 aromatic rings. The molecule has 1 fully saturated rings. The van der Waals surface area contributed by atoms with Gasteiger partial charge in [0.1, 0.15) is 0 Å². The molecule has 2 rings (SSSR count). The van der Waals surface area contributed by atoms with Crippen LogP contribution >= 0.6 is 0 Å². The number of nitrogens with one attached hydrogen (secondary N) is 1. The fourth-order valence-corrected chi connectivity index (χ4v) is 3.81. The van der Waals surface area contributed by atoms with Crippen LogP contribution < -0.4 is 11.3 Å². The molecule has 1 heterocycles. The molecule has 0 bridgehead atoms. The van der Waals surface area contributed by atoms with Gasteiger partial charge in [-0.25, -0.2) is 14.3 Å². The van der Waals surface area contributed by atoms with E-state index in [1.807, 2.05) is 5.43 Å². The minimum Gasteiger partial charge on any atom is -0.290 e. The van der Waals surface area contributed by atoms with Crippen molar-refractivity contribution in [3.8, 4) is 0 Å². The number of hydrogen-bond acceptors (Lipinski definition) is 4. The number of carbonyl (C=O) groups is 1. The van der Waals surface area contributed by atoms with Gasteiger partial charge in [-0.15, -0.1) is 0 Å². The fraction of sp³-hybridized carbons (Fsp3) is 0.462. The summed E-state index contributed by atoms with van der Waals surface area (Å²) in [5, 5.41) is 0. The van der Waals surface area contributed by atoms with Crippen molar-refractivity contribution in [1.82, 2.24) is 9.73 Å². The summed E-state index contributed by atoms with van der Waals surface area (Å²) >= 11 is 0. The lowest BCUT2D eigenvalue weighted by Crippen LogP contribution is -2.32. The van der Waals surface area contributed by atoms with Gasteiger partial charge in [-0.1, -0.05) is 12.8 Å². The molecular weight excluding hydrogens is 278 g/mol. The second-order valence-electron chi connectivity index (χ2n) is 4.82. The minimum atomic E-state index is -3.46. The van der Waals surface area contributed by atoms with Crippen LogP contribution in [0.5, 0.6) is 0 Å². The highest BCUT2D eigenvalue weighted by Gasteiger charge is 2.25. The van der Waals surface area contributed by atoms with Gasteiger partial charge in [-0.2, -0.15) is 4.31 Å². The smallest absolute Gasteiger partial charge is 0.265 e. The number of nitrogens with zero attached hydrogens (tertiary/aromatic N) is 1. The highest BCUT2D eigenvalue weighted by atomic mass is 32.2. The maximum Gasteiger partial charge on any atom is 0.265 e. The van der Waals surface area contributed by atoms with Crippen molar-refractivity contribution >= 4 is 15.9 Å². The van der Waals surface area contributed by atoms with E-state index in [1.165, 1.54) is 28.6 Å². The molecule has 0 saturated carbocycles. The first kappa shape index (κ1) is 15.0. The predicted molar refractivity (Wildman–Crippen MR) is 75.3 cm³/mol. The van der Waals surface area contributed by atoms with Gasteiger partial charge < -0.3 is 0 Å². The van der Waals surface area contributed by atoms with E-state index in [4.69, 9.17) is 5.84 Å². The monoisotopic (exact) mass is 297 g/mol. The van der Waals surface area contributed by atoms with Crippen LogP contribution in [0, 0.1) is 0 Å². The summed E-state index contributed by atoms with van der Waals surface area (Å²) in [6.45, 7) is 1.13. The van der Waals surface area contributed by atoms with E-state index in [0.29, 0.717) is 18.7 Å². The van der Waals surface area contributed by atoms with E-state index in [1.54, 1.807) is 0 Å². The molecular formula is C13H19N3O3S. The zero-order chi connectivity index (χ0) is 14.6. The Morgan fingerprint density at radius 3 is 2.10 bits per heavy atom. The Labute approximate surface area is 119 Å². The third-order valence-electron chi connectivity index (χ3n) is 3.45. The van der Waals surface area contributed by atoms with Gasteiger partial charge in [0.15, 0.2) is 0 Å². The average molecular weight is 297 g/mol. The second kappa shape index (κ2) is 6.34. The van der Waals surface area contributed by atoms with E-state index in [2.05, 4.69) is 0 Å². The molecule has 0 aromatic heterocycles. The SMILES string of the molecule is NNC(=O)c1ccc(S(=O)(=O)N2CCCCCC2)cc1. The quantitative estimate of drug-likeness (QED) is 0.491. The molecule has 0 radical (unpaired) electrons. The van der Waals surface area contributed by atoms with E-state index in [0.717, 1.165) is 25.7 Å². The number of benzene rings is 1. The lowest BCUT2D eigenvalue weighted by molar-refractivity contribution is 0.0953. The summed E-state index contributed by atoms with van der Waals surface area (Å²) in [5.74, 6) is 4.60. The van der Waals surface area contributed by atoms with Gasteiger partial charge in [0, 0.05) is 18.7 Å². The van der Waals surface area contributed by atoms with Crippen LogP contribution in [0.25, 0.3) is 0 Å². The standard InChI is InChI=1S/C13H19N3O3S/c14-15-13(17)11-5-7-12(8-6-11)20(18,19)16-9-3-1-2-4-10-16/h5-8H,1-4,9-10,14H2,(H,15,17). The van der Waals surface area contributed by atoms with Crippen LogP contribution in [0.3, 0.4) is 0 Å². The number of amides is 1. The third kappa shape index (κ3) is 3.17. The first-order valence-electron chi connectivity index (χ1n) is 6.67. The number of hydrogen-bond donors (Lipinski definition) is 2. The number of hydrazine groups is 1. The van der Waals surface area contributed by atoms with Gasteiger partial charge in [-0.3, -0.25) is 10.2 Å². The summed E-state index contributed by atoms with van der Waals surface area (Å²) in [4.78, 5) is 11.5. The van der Waals surface area contributed by atoms with Crippen LogP contribution in [0.4, 0.5) is 0 Å². The Hall–Kier alpha value is -1.44. The predicted octanol–water partition coefficient (Wildman–Crippen LogP) is 0.855. The summed E-state index contributed by atoms with van der Waals surface area (Å²) in [6.07, 6.45) is 3.93. The molecule has 20 heavy (non-hydrogen) atoms. The number of nitrogen functional groups attached to an aromatic ring is 1. The van der Waals surface area contributed by atoms with Crippen molar-refractivity contribution in [2.45, 2.75) is 30.6 Å². The molecule has 0 aliphatic carbocycles. The normalized spacial score (nSPS) is 17.4. The second-order valence-corrected chi connectivity index (χ2v) is 6.75. The van der Waals surface area contributed by atoms with Gasteiger partial charge in [0.2, 0.25) is 10.0 Å². The highest BCUT2D eigenvalue weighted by molar-refractivity contribution is 7.89. The van der Waals surface area contributed by atoms with Gasteiger partial charge >= 0.3 is 0 Å². The zero-order valence-electron chi connectivity index (χ0n) is 11.2. The minimum absolute atomic E-state index is 0.216. The van der Waals surface area contributed by atoms with Crippen LogP contribution in [-0.2, 0) is 10.0 Å². The lowest BCUT2D eigenvalue weighted by atomic mass is 10.2. The summed E-state index contributed by atoms with van der Waals surface area (Å²) in [6, 6.07) is 5.83. The Balaban J connectivity index is 2.22. The third-order valence-corrected chi connectivity index (χ3v) is 5.36. The summed E-state index contributed by atoms with van der Waals surface area (Å²) in [7, 11) is -3.46. The van der Waals surface area contributed by atoms with Crippen LogP contribution in [0.2, 0.25) is 0 Å². The van der Waals surface area contributed by atoms with Crippen molar-refractivity contribution in [2.75, 3.05) is 13.1 Å². The largest absolute Gasteiger partial charge is 0.290 e. The molecule has 0 unspecified atom stereocenters. The molecule has 110 valence electrons. The number of rotatable bonds is 3. The number of nitrogens with two attached hydrogens (primary N) is 1. The molecule has 1 aromatic carbocycles. The Bertz CT molecular complexity index is 561. The fourth-order valence-electron chi connectivity index (χ4n) is 2.29. The first-order chi connectivity index (χ1) is 9.55. The molecule has 1 aliphatic rings. The van der Waals surface area contributed by atoms with E-state index in [9.17, 15) is 13.2 Å². The Morgan fingerprint density at radius 1 is 1.05 bits per heavy atom. The number of sulfonamides is 1. The summed E-state index contributed by atoms with van der Waals surface area (Å²) < 4.78 is 26.5. The Morgan fingerprint density at radius 2 is 1.60 bits per heavy atom. The molecule has 3 N–H and O–H groups in total. The zero-order valence-corrected chi connectivity index (χ0v) is 12.0. The molecule has 7 heteroatoms. The highest BCUT2D eigenvalue weighted by Crippen LogP contribution is 2.20. The molecule has 6 nitrogen and oxygen atoms in total. The average Bonchev–Trinajstić information content (AvgIpc) is 2.76. The van der Waals surface area contributed by atoms with Crippen molar-refractivity contribution in [3.05, 3.63) is 29.8 Å². The van der Waals surface area contributed by atoms with Crippen LogP contribution in [-0.4, -0.2) is 31.7 Å².